The first-order valence-electron chi connectivity index (χ1n) is 10.9. The first kappa shape index (κ1) is 19.9. The van der Waals surface area contributed by atoms with Gasteiger partial charge in [-0.2, -0.15) is 0 Å². The zero-order valence-electron chi connectivity index (χ0n) is 17.4. The average Bonchev–Trinajstić information content (AvgIpc) is 2.84. The molecule has 154 valence electrons. The Morgan fingerprint density at radius 3 is 2.19 bits per heavy atom. The number of rotatable bonds is 5. The lowest BCUT2D eigenvalue weighted by Crippen LogP contribution is -2.20. The fourth-order valence-electron chi connectivity index (χ4n) is 4.77. The number of fused-ring (bicyclic) bond motifs is 1. The third-order valence-electron chi connectivity index (χ3n) is 6.28. The van der Waals surface area contributed by atoms with E-state index in [1.807, 2.05) is 30.3 Å². The minimum Gasteiger partial charge on any atom is -0.489 e. The Balaban J connectivity index is 1.48. The molecule has 0 N–H and O–H groups in total. The summed E-state index contributed by atoms with van der Waals surface area (Å²) in [4.78, 5) is 0. The van der Waals surface area contributed by atoms with Crippen molar-refractivity contribution in [2.45, 2.75) is 31.3 Å². The van der Waals surface area contributed by atoms with Gasteiger partial charge in [0.15, 0.2) is 0 Å². The third-order valence-corrected chi connectivity index (χ3v) is 6.53. The number of ether oxygens (including phenoxy) is 1. The van der Waals surface area contributed by atoms with Crippen molar-refractivity contribution in [3.05, 3.63) is 136 Å². The summed E-state index contributed by atoms with van der Waals surface area (Å²) in [5.74, 6) is 1.70. The van der Waals surface area contributed by atoms with Crippen LogP contribution < -0.4 is 4.74 Å². The molecule has 2 atom stereocenters. The van der Waals surface area contributed by atoms with Crippen LogP contribution in [0.4, 0.5) is 0 Å². The van der Waals surface area contributed by atoms with Gasteiger partial charge in [-0.05, 0) is 70.8 Å². The lowest BCUT2D eigenvalue weighted by atomic mass is 9.69. The number of benzene rings is 4. The summed E-state index contributed by atoms with van der Waals surface area (Å²) in [6, 6.07) is 36.2. The van der Waals surface area contributed by atoms with E-state index >= 15 is 0 Å². The molecule has 2 heteroatoms. The van der Waals surface area contributed by atoms with Crippen molar-refractivity contribution in [2.24, 2.45) is 0 Å². The predicted octanol–water partition coefficient (Wildman–Crippen LogP) is 7.78. The van der Waals surface area contributed by atoms with Gasteiger partial charge in [-0.15, -0.1) is 0 Å². The molecular weight excluding hydrogens is 400 g/mol. The molecule has 1 nitrogen and oxygen atoms in total. The number of hydrogen-bond donors (Lipinski definition) is 0. The van der Waals surface area contributed by atoms with Crippen LogP contribution in [-0.2, 0) is 13.0 Å². The minimum atomic E-state index is 0.312. The van der Waals surface area contributed by atoms with E-state index in [4.69, 9.17) is 16.3 Å². The van der Waals surface area contributed by atoms with Gasteiger partial charge < -0.3 is 4.74 Å². The molecule has 4 aromatic carbocycles. The highest BCUT2D eigenvalue weighted by Gasteiger charge is 2.32. The zero-order chi connectivity index (χ0) is 21.0. The molecule has 0 spiro atoms. The van der Waals surface area contributed by atoms with Crippen molar-refractivity contribution < 1.29 is 4.74 Å². The van der Waals surface area contributed by atoms with Crippen LogP contribution in [0.5, 0.6) is 5.75 Å². The summed E-state index contributed by atoms with van der Waals surface area (Å²) in [6.45, 7) is 0.590. The highest BCUT2D eigenvalue weighted by Crippen LogP contribution is 2.47. The van der Waals surface area contributed by atoms with Crippen molar-refractivity contribution in [1.29, 1.82) is 0 Å². The molecule has 2 unspecified atom stereocenters. The summed E-state index contributed by atoms with van der Waals surface area (Å²) in [5.41, 5.74) is 6.69. The van der Waals surface area contributed by atoms with Gasteiger partial charge >= 0.3 is 0 Å². The Bertz CT molecular complexity index is 1140. The molecule has 5 rings (SSSR count). The van der Waals surface area contributed by atoms with Crippen LogP contribution in [0.15, 0.2) is 103 Å². The molecular formula is C29H25ClO. The molecule has 0 saturated carbocycles. The van der Waals surface area contributed by atoms with Crippen LogP contribution in [0.2, 0.25) is 5.02 Å². The maximum Gasteiger partial charge on any atom is 0.120 e. The molecule has 0 aliphatic heterocycles. The standard InChI is InChI=1S/C29H25ClO/c30-25-14-11-23(12-15-25)29-27(22-9-5-2-6-10-22)17-13-24-19-26(16-18-28(24)29)31-20-21-7-3-1-4-8-21/h1-12,14-16,18-19,27,29H,13,17,20H2. The van der Waals surface area contributed by atoms with Crippen LogP contribution in [0, 0.1) is 0 Å². The molecule has 0 heterocycles. The second-order valence-corrected chi connectivity index (χ2v) is 8.66. The quantitative estimate of drug-likeness (QED) is 0.317. The maximum atomic E-state index is 6.19. The predicted molar refractivity (Wildman–Crippen MR) is 128 cm³/mol. The molecule has 0 amide bonds. The summed E-state index contributed by atoms with van der Waals surface area (Å²) < 4.78 is 6.11. The van der Waals surface area contributed by atoms with E-state index in [9.17, 15) is 0 Å². The minimum absolute atomic E-state index is 0.312. The van der Waals surface area contributed by atoms with E-state index in [-0.39, 0.29) is 0 Å². The molecule has 31 heavy (non-hydrogen) atoms. The lowest BCUT2D eigenvalue weighted by molar-refractivity contribution is 0.305. The van der Waals surface area contributed by atoms with Crippen LogP contribution in [0.3, 0.4) is 0 Å². The van der Waals surface area contributed by atoms with Gasteiger partial charge in [0.1, 0.15) is 12.4 Å². The summed E-state index contributed by atoms with van der Waals surface area (Å²) >= 11 is 6.19. The van der Waals surface area contributed by atoms with E-state index in [1.54, 1.807) is 0 Å². The Hall–Kier alpha value is -3.03. The highest BCUT2D eigenvalue weighted by molar-refractivity contribution is 6.30. The molecule has 4 aromatic rings. The molecule has 1 aliphatic rings. The monoisotopic (exact) mass is 424 g/mol. The van der Waals surface area contributed by atoms with Crippen LogP contribution in [0.25, 0.3) is 0 Å². The molecule has 0 aromatic heterocycles. The van der Waals surface area contributed by atoms with Gasteiger partial charge in [0.25, 0.3) is 0 Å². The van der Waals surface area contributed by atoms with Gasteiger partial charge in [0.05, 0.1) is 0 Å². The lowest BCUT2D eigenvalue weighted by Gasteiger charge is -2.35. The fourth-order valence-corrected chi connectivity index (χ4v) is 4.89. The van der Waals surface area contributed by atoms with Gasteiger partial charge in [0, 0.05) is 10.9 Å². The summed E-state index contributed by atoms with van der Waals surface area (Å²) in [7, 11) is 0. The van der Waals surface area contributed by atoms with E-state index in [1.165, 1.54) is 27.8 Å². The summed E-state index contributed by atoms with van der Waals surface area (Å²) in [6.07, 6.45) is 2.17. The van der Waals surface area contributed by atoms with Crippen LogP contribution in [-0.4, -0.2) is 0 Å². The van der Waals surface area contributed by atoms with Crippen molar-refractivity contribution in [2.75, 3.05) is 0 Å². The molecule has 1 aliphatic carbocycles. The summed E-state index contributed by atoms with van der Waals surface area (Å²) in [5, 5.41) is 0.778. The first-order valence-corrected chi connectivity index (χ1v) is 11.3. The number of aryl methyl sites for hydroxylation is 1. The second-order valence-electron chi connectivity index (χ2n) is 8.22. The smallest absolute Gasteiger partial charge is 0.120 e. The molecule has 0 bridgehead atoms. The Morgan fingerprint density at radius 2 is 1.45 bits per heavy atom. The molecule has 0 fully saturated rings. The van der Waals surface area contributed by atoms with E-state index < -0.39 is 0 Å². The van der Waals surface area contributed by atoms with E-state index in [0.717, 1.165) is 23.6 Å². The van der Waals surface area contributed by atoms with Crippen molar-refractivity contribution >= 4 is 11.6 Å². The molecule has 0 saturated heterocycles. The van der Waals surface area contributed by atoms with Gasteiger partial charge in [-0.25, -0.2) is 0 Å². The zero-order valence-corrected chi connectivity index (χ0v) is 18.1. The average molecular weight is 425 g/mol. The second kappa shape index (κ2) is 8.99. The van der Waals surface area contributed by atoms with Gasteiger partial charge in [-0.3, -0.25) is 0 Å². The van der Waals surface area contributed by atoms with Gasteiger partial charge in [-0.1, -0.05) is 90.5 Å². The van der Waals surface area contributed by atoms with Crippen molar-refractivity contribution in [1.82, 2.24) is 0 Å². The SMILES string of the molecule is Clc1ccc(C2c3ccc(OCc4ccccc4)cc3CCC2c2ccccc2)cc1. The topological polar surface area (TPSA) is 9.23 Å². The molecule has 0 radical (unpaired) electrons. The third kappa shape index (κ3) is 4.38. The van der Waals surface area contributed by atoms with E-state index in [2.05, 4.69) is 72.8 Å². The van der Waals surface area contributed by atoms with Crippen LogP contribution >= 0.6 is 11.6 Å². The highest BCUT2D eigenvalue weighted by atomic mass is 35.5. The van der Waals surface area contributed by atoms with E-state index in [0.29, 0.717) is 18.4 Å². The fraction of sp³-hybridized carbons (Fsp3) is 0.172. The maximum absolute atomic E-state index is 6.19. The van der Waals surface area contributed by atoms with Gasteiger partial charge in [0.2, 0.25) is 0 Å². The first-order chi connectivity index (χ1) is 15.3. The van der Waals surface area contributed by atoms with Crippen molar-refractivity contribution in [3.63, 3.8) is 0 Å². The number of halogens is 1. The Labute approximate surface area is 189 Å². The normalized spacial score (nSPS) is 17.7. The largest absolute Gasteiger partial charge is 0.489 e. The van der Waals surface area contributed by atoms with Crippen molar-refractivity contribution in [3.8, 4) is 5.75 Å². The number of hydrogen-bond acceptors (Lipinski definition) is 1. The Kier molecular flexibility index (Phi) is 5.78. The Morgan fingerprint density at radius 1 is 0.742 bits per heavy atom. The van der Waals surface area contributed by atoms with Crippen LogP contribution in [0.1, 0.15) is 46.1 Å².